The Morgan fingerprint density at radius 3 is 2.85 bits per heavy atom. The molecule has 0 spiro atoms. The molecule has 1 aliphatic rings. The van der Waals surface area contributed by atoms with E-state index in [1.54, 1.807) is 12.0 Å². The topological polar surface area (TPSA) is 84.7 Å². The lowest BCUT2D eigenvalue weighted by Crippen LogP contribution is -2.30. The van der Waals surface area contributed by atoms with E-state index in [4.69, 9.17) is 10.5 Å². The molecule has 26 heavy (non-hydrogen) atoms. The van der Waals surface area contributed by atoms with Gasteiger partial charge in [0.2, 0.25) is 11.8 Å². The predicted molar refractivity (Wildman–Crippen MR) is 101 cm³/mol. The smallest absolute Gasteiger partial charge is 0.231 e. The molecule has 1 aliphatic heterocycles. The van der Waals surface area contributed by atoms with E-state index in [0.717, 1.165) is 29.0 Å². The molecule has 6 heteroatoms. The number of nitrogens with one attached hydrogen (secondary N) is 1. The summed E-state index contributed by atoms with van der Waals surface area (Å²) in [6.45, 7) is 0.959. The SMILES string of the molecule is COc1cccc(CC(=O)N2CCc3ccc(NC(=O)CCN)cc32)c1. The number of hydrogen-bond acceptors (Lipinski definition) is 4. The number of benzene rings is 2. The number of nitrogens with zero attached hydrogens (tertiary/aromatic N) is 1. The highest BCUT2D eigenvalue weighted by atomic mass is 16.5. The van der Waals surface area contributed by atoms with Gasteiger partial charge < -0.3 is 20.7 Å². The number of amides is 2. The van der Waals surface area contributed by atoms with Crippen molar-refractivity contribution in [2.45, 2.75) is 19.3 Å². The fourth-order valence-corrected chi connectivity index (χ4v) is 3.12. The van der Waals surface area contributed by atoms with E-state index in [1.807, 2.05) is 42.5 Å². The number of rotatable bonds is 6. The molecule has 0 radical (unpaired) electrons. The highest BCUT2D eigenvalue weighted by Crippen LogP contribution is 2.31. The van der Waals surface area contributed by atoms with Crippen LogP contribution in [0.3, 0.4) is 0 Å². The fraction of sp³-hybridized carbons (Fsp3) is 0.300. The summed E-state index contributed by atoms with van der Waals surface area (Å²) in [6, 6.07) is 13.2. The van der Waals surface area contributed by atoms with Gasteiger partial charge >= 0.3 is 0 Å². The van der Waals surface area contributed by atoms with Gasteiger partial charge in [-0.05, 0) is 41.8 Å². The number of hydrogen-bond donors (Lipinski definition) is 2. The van der Waals surface area contributed by atoms with Crippen molar-refractivity contribution in [3.63, 3.8) is 0 Å². The molecule has 0 atom stereocenters. The van der Waals surface area contributed by atoms with E-state index in [1.165, 1.54) is 0 Å². The summed E-state index contributed by atoms with van der Waals surface area (Å²) >= 11 is 0. The molecule has 2 aromatic carbocycles. The maximum Gasteiger partial charge on any atom is 0.231 e. The minimum absolute atomic E-state index is 0.0300. The third-order valence-corrected chi connectivity index (χ3v) is 4.43. The normalized spacial score (nSPS) is 12.6. The molecule has 0 bridgehead atoms. The first-order chi connectivity index (χ1) is 12.6. The summed E-state index contributed by atoms with van der Waals surface area (Å²) < 4.78 is 5.22. The second-order valence-corrected chi connectivity index (χ2v) is 6.25. The average Bonchev–Trinajstić information content (AvgIpc) is 3.05. The predicted octanol–water partition coefficient (Wildman–Crippen LogP) is 2.11. The second-order valence-electron chi connectivity index (χ2n) is 6.25. The van der Waals surface area contributed by atoms with Crippen LogP contribution in [0.15, 0.2) is 42.5 Å². The Bertz CT molecular complexity index is 820. The lowest BCUT2D eigenvalue weighted by Gasteiger charge is -2.18. The van der Waals surface area contributed by atoms with Crippen molar-refractivity contribution in [1.82, 2.24) is 0 Å². The lowest BCUT2D eigenvalue weighted by molar-refractivity contribution is -0.118. The fourth-order valence-electron chi connectivity index (χ4n) is 3.12. The molecule has 0 unspecified atom stereocenters. The van der Waals surface area contributed by atoms with Crippen LogP contribution in [0.25, 0.3) is 0 Å². The molecule has 0 aliphatic carbocycles. The maximum atomic E-state index is 12.8. The van der Waals surface area contributed by atoms with Crippen molar-refractivity contribution in [1.29, 1.82) is 0 Å². The Morgan fingerprint density at radius 1 is 1.23 bits per heavy atom. The highest BCUT2D eigenvalue weighted by Gasteiger charge is 2.25. The van der Waals surface area contributed by atoms with Crippen LogP contribution in [-0.2, 0) is 22.4 Å². The van der Waals surface area contributed by atoms with Crippen molar-refractivity contribution in [2.24, 2.45) is 5.73 Å². The van der Waals surface area contributed by atoms with Gasteiger partial charge in [-0.15, -0.1) is 0 Å². The number of ether oxygens (including phenoxy) is 1. The molecular weight excluding hydrogens is 330 g/mol. The van der Waals surface area contributed by atoms with Crippen molar-refractivity contribution in [2.75, 3.05) is 30.4 Å². The quantitative estimate of drug-likeness (QED) is 0.833. The molecule has 2 aromatic rings. The minimum atomic E-state index is -0.125. The van der Waals surface area contributed by atoms with E-state index < -0.39 is 0 Å². The summed E-state index contributed by atoms with van der Waals surface area (Å²) in [6.07, 6.45) is 1.40. The van der Waals surface area contributed by atoms with Crippen molar-refractivity contribution in [3.05, 3.63) is 53.6 Å². The van der Waals surface area contributed by atoms with Crippen LogP contribution >= 0.6 is 0 Å². The van der Waals surface area contributed by atoms with Gasteiger partial charge in [0.1, 0.15) is 5.75 Å². The van der Waals surface area contributed by atoms with Crippen LogP contribution in [0.2, 0.25) is 0 Å². The standard InChI is InChI=1S/C20H23N3O3/c1-26-17-4-2-3-14(11-17)12-20(25)23-10-8-15-5-6-16(13-18(15)23)22-19(24)7-9-21/h2-6,11,13H,7-10,12,21H2,1H3,(H,22,24). The van der Waals surface area contributed by atoms with Crippen LogP contribution in [0.5, 0.6) is 5.75 Å². The first-order valence-electron chi connectivity index (χ1n) is 8.67. The molecule has 0 saturated heterocycles. The Labute approximate surface area is 152 Å². The summed E-state index contributed by atoms with van der Waals surface area (Å²) in [7, 11) is 1.61. The Kier molecular flexibility index (Phi) is 5.53. The third kappa shape index (κ3) is 4.03. The molecule has 0 fully saturated rings. The largest absolute Gasteiger partial charge is 0.497 e. The number of carbonyl (C=O) groups excluding carboxylic acids is 2. The zero-order valence-corrected chi connectivity index (χ0v) is 14.8. The van der Waals surface area contributed by atoms with Gasteiger partial charge in [-0.3, -0.25) is 9.59 Å². The molecule has 0 aromatic heterocycles. The molecule has 3 rings (SSSR count). The van der Waals surface area contributed by atoms with Crippen LogP contribution in [0.1, 0.15) is 17.5 Å². The minimum Gasteiger partial charge on any atom is -0.497 e. The van der Waals surface area contributed by atoms with Crippen LogP contribution in [-0.4, -0.2) is 32.0 Å². The summed E-state index contributed by atoms with van der Waals surface area (Å²) in [5.74, 6) is 0.643. The number of anilines is 2. The summed E-state index contributed by atoms with van der Waals surface area (Å²) in [4.78, 5) is 26.3. The summed E-state index contributed by atoms with van der Waals surface area (Å²) in [5.41, 5.74) is 8.98. The first kappa shape index (κ1) is 17.9. The van der Waals surface area contributed by atoms with Crippen LogP contribution in [0, 0.1) is 0 Å². The zero-order chi connectivity index (χ0) is 18.5. The van der Waals surface area contributed by atoms with Gasteiger partial charge in [-0.25, -0.2) is 0 Å². The molecule has 3 N–H and O–H groups in total. The molecular formula is C20H23N3O3. The number of fused-ring (bicyclic) bond motifs is 1. The van der Waals surface area contributed by atoms with Gasteiger partial charge in [0.05, 0.1) is 13.5 Å². The zero-order valence-electron chi connectivity index (χ0n) is 14.8. The van der Waals surface area contributed by atoms with Gasteiger partial charge in [0, 0.05) is 30.9 Å². The lowest BCUT2D eigenvalue weighted by atomic mass is 10.1. The van der Waals surface area contributed by atoms with E-state index in [9.17, 15) is 9.59 Å². The number of nitrogens with two attached hydrogens (primary N) is 1. The van der Waals surface area contributed by atoms with E-state index >= 15 is 0 Å². The van der Waals surface area contributed by atoms with E-state index in [-0.39, 0.29) is 18.2 Å². The van der Waals surface area contributed by atoms with Crippen LogP contribution in [0.4, 0.5) is 11.4 Å². The van der Waals surface area contributed by atoms with Crippen molar-refractivity contribution in [3.8, 4) is 5.75 Å². The van der Waals surface area contributed by atoms with Gasteiger partial charge in [0.25, 0.3) is 0 Å². The molecule has 136 valence electrons. The monoisotopic (exact) mass is 353 g/mol. The molecule has 6 nitrogen and oxygen atoms in total. The highest BCUT2D eigenvalue weighted by molar-refractivity contribution is 5.98. The number of carbonyl (C=O) groups is 2. The average molecular weight is 353 g/mol. The molecule has 2 amide bonds. The van der Waals surface area contributed by atoms with Crippen LogP contribution < -0.4 is 20.7 Å². The molecule has 0 saturated carbocycles. The first-order valence-corrected chi connectivity index (χ1v) is 8.67. The summed E-state index contributed by atoms with van der Waals surface area (Å²) in [5, 5.41) is 2.82. The molecule has 1 heterocycles. The maximum absolute atomic E-state index is 12.8. The third-order valence-electron chi connectivity index (χ3n) is 4.43. The van der Waals surface area contributed by atoms with E-state index in [0.29, 0.717) is 25.2 Å². The van der Waals surface area contributed by atoms with Crippen molar-refractivity contribution >= 4 is 23.2 Å². The Morgan fingerprint density at radius 2 is 2.08 bits per heavy atom. The number of methoxy groups -OCH3 is 1. The van der Waals surface area contributed by atoms with Gasteiger partial charge in [0.15, 0.2) is 0 Å². The second kappa shape index (κ2) is 8.01. The van der Waals surface area contributed by atoms with E-state index in [2.05, 4.69) is 5.32 Å². The van der Waals surface area contributed by atoms with Gasteiger partial charge in [-0.2, -0.15) is 0 Å². The Hall–Kier alpha value is -2.86. The van der Waals surface area contributed by atoms with Crippen molar-refractivity contribution < 1.29 is 14.3 Å². The van der Waals surface area contributed by atoms with Gasteiger partial charge in [-0.1, -0.05) is 18.2 Å². The Balaban J connectivity index is 1.74.